The van der Waals surface area contributed by atoms with Crippen LogP contribution in [-0.2, 0) is 22.3 Å². The summed E-state index contributed by atoms with van der Waals surface area (Å²) in [6.07, 6.45) is 0.127. The number of halogens is 4. The van der Waals surface area contributed by atoms with E-state index in [2.05, 4.69) is 10.6 Å². The fourth-order valence-corrected chi connectivity index (χ4v) is 3.89. The molecule has 0 unspecified atom stereocenters. The molecule has 0 saturated carbocycles. The minimum Gasteiger partial charge on any atom is -0.372 e. The standard InChI is InChI=1S/2C11H13F2NO/c2*1-14-6-10-11-7(4-5-15-10)8(12)2-3-9(11)13/h2*2-3,10,14H,4-6H2,1H3/t2*10-/m10/s1. The minimum absolute atomic E-state index is 0.337. The normalized spacial score (nSPS) is 20.1. The Kier molecular flexibility index (Phi) is 7.82. The number of rotatable bonds is 4. The molecular formula is C22H26F4N2O2. The van der Waals surface area contributed by atoms with Crippen LogP contribution in [0.2, 0.25) is 0 Å². The molecule has 2 aliphatic rings. The first-order chi connectivity index (χ1) is 14.5. The van der Waals surface area contributed by atoms with Crippen LogP contribution in [0.5, 0.6) is 0 Å². The van der Waals surface area contributed by atoms with Gasteiger partial charge >= 0.3 is 0 Å². The summed E-state index contributed by atoms with van der Waals surface area (Å²) in [4.78, 5) is 0. The number of likely N-dealkylation sites (N-methyl/N-ethyl adjacent to an activating group) is 2. The monoisotopic (exact) mass is 426 g/mol. The summed E-state index contributed by atoms with van der Waals surface area (Å²) >= 11 is 0. The van der Waals surface area contributed by atoms with Crippen molar-refractivity contribution in [2.75, 3.05) is 40.4 Å². The van der Waals surface area contributed by atoms with E-state index in [1.165, 1.54) is 12.1 Å². The number of hydrogen-bond acceptors (Lipinski definition) is 4. The van der Waals surface area contributed by atoms with Crippen LogP contribution in [0, 0.1) is 23.3 Å². The molecule has 4 nitrogen and oxygen atoms in total. The van der Waals surface area contributed by atoms with Gasteiger partial charge in [0.05, 0.1) is 25.4 Å². The molecule has 0 aliphatic carbocycles. The molecule has 0 radical (unpaired) electrons. The van der Waals surface area contributed by atoms with Gasteiger partial charge in [-0.1, -0.05) is 0 Å². The second kappa shape index (κ2) is 10.3. The summed E-state index contributed by atoms with van der Waals surface area (Å²) < 4.78 is 64.8. The smallest absolute Gasteiger partial charge is 0.129 e. The zero-order chi connectivity index (χ0) is 21.7. The van der Waals surface area contributed by atoms with Crippen LogP contribution in [0.15, 0.2) is 24.3 Å². The Morgan fingerprint density at radius 2 is 1.07 bits per heavy atom. The minimum atomic E-state index is -0.383. The van der Waals surface area contributed by atoms with Crippen molar-refractivity contribution in [1.82, 2.24) is 10.6 Å². The van der Waals surface area contributed by atoms with E-state index >= 15 is 0 Å². The van der Waals surface area contributed by atoms with E-state index in [1.54, 1.807) is 14.1 Å². The van der Waals surface area contributed by atoms with Crippen LogP contribution < -0.4 is 10.6 Å². The quantitative estimate of drug-likeness (QED) is 0.734. The predicted octanol–water partition coefficient (Wildman–Crippen LogP) is 3.60. The molecule has 2 N–H and O–H groups in total. The molecule has 0 spiro atoms. The van der Waals surface area contributed by atoms with E-state index in [1.807, 2.05) is 0 Å². The fourth-order valence-electron chi connectivity index (χ4n) is 3.89. The molecule has 0 bridgehead atoms. The maximum Gasteiger partial charge on any atom is 0.129 e. The Hall–Kier alpha value is -2.00. The summed E-state index contributed by atoms with van der Waals surface area (Å²) in [5, 5.41) is 5.82. The lowest BCUT2D eigenvalue weighted by Crippen LogP contribution is -2.27. The molecule has 2 aromatic carbocycles. The Bertz CT molecular complexity index is 807. The Morgan fingerprint density at radius 1 is 0.700 bits per heavy atom. The van der Waals surface area contributed by atoms with E-state index in [0.29, 0.717) is 61.4 Å². The highest BCUT2D eigenvalue weighted by Gasteiger charge is 2.27. The van der Waals surface area contributed by atoms with Crippen molar-refractivity contribution in [2.24, 2.45) is 0 Å². The Balaban J connectivity index is 0.000000171. The molecule has 8 heteroatoms. The van der Waals surface area contributed by atoms with Gasteiger partial charge in [0.25, 0.3) is 0 Å². The van der Waals surface area contributed by atoms with Crippen LogP contribution >= 0.6 is 0 Å². The van der Waals surface area contributed by atoms with Gasteiger partial charge in [-0.2, -0.15) is 0 Å². The van der Waals surface area contributed by atoms with Crippen LogP contribution in [0.25, 0.3) is 0 Å². The first-order valence-electron chi connectivity index (χ1n) is 9.93. The second-order valence-corrected chi connectivity index (χ2v) is 7.18. The molecule has 2 aromatic rings. The third-order valence-electron chi connectivity index (χ3n) is 5.26. The van der Waals surface area contributed by atoms with E-state index in [4.69, 9.17) is 9.47 Å². The molecule has 0 saturated heterocycles. The molecule has 2 aliphatic heterocycles. The van der Waals surface area contributed by atoms with E-state index in [-0.39, 0.29) is 35.5 Å². The van der Waals surface area contributed by atoms with E-state index in [9.17, 15) is 17.6 Å². The molecule has 0 fully saturated rings. The first kappa shape index (κ1) is 22.7. The SMILES string of the molecule is CNC[C@@H]1OCCc2c(F)ccc(F)c21.CNC[C@H]1OCCc2c(F)ccc(F)c21. The summed E-state index contributed by atoms with van der Waals surface area (Å²) in [7, 11) is 3.52. The van der Waals surface area contributed by atoms with Crippen molar-refractivity contribution >= 4 is 0 Å². The maximum absolute atomic E-state index is 13.6. The Labute approximate surface area is 173 Å². The van der Waals surface area contributed by atoms with Crippen molar-refractivity contribution in [1.29, 1.82) is 0 Å². The van der Waals surface area contributed by atoms with Crippen molar-refractivity contribution in [2.45, 2.75) is 25.0 Å². The lowest BCUT2D eigenvalue weighted by atomic mass is 9.96. The van der Waals surface area contributed by atoms with Crippen molar-refractivity contribution < 1.29 is 27.0 Å². The molecule has 0 aromatic heterocycles. The Morgan fingerprint density at radius 3 is 1.43 bits per heavy atom. The summed E-state index contributed by atoms with van der Waals surface area (Å²) in [5.41, 5.74) is 1.66. The number of nitrogens with one attached hydrogen (secondary N) is 2. The summed E-state index contributed by atoms with van der Waals surface area (Å²) in [6.45, 7) is 1.88. The molecule has 2 heterocycles. The van der Waals surface area contributed by atoms with Crippen molar-refractivity contribution in [3.8, 4) is 0 Å². The van der Waals surface area contributed by atoms with Gasteiger partial charge in [0.2, 0.25) is 0 Å². The fraction of sp³-hybridized carbons (Fsp3) is 0.455. The summed E-state index contributed by atoms with van der Waals surface area (Å²) in [6, 6.07) is 4.67. The lowest BCUT2D eigenvalue weighted by molar-refractivity contribution is 0.0397. The second-order valence-electron chi connectivity index (χ2n) is 7.18. The van der Waals surface area contributed by atoms with Gasteiger partial charge in [-0.05, 0) is 62.3 Å². The van der Waals surface area contributed by atoms with Crippen LogP contribution in [-0.4, -0.2) is 40.4 Å². The molecule has 0 amide bonds. The molecule has 164 valence electrons. The highest BCUT2D eigenvalue weighted by molar-refractivity contribution is 5.35. The number of benzene rings is 2. The topological polar surface area (TPSA) is 42.5 Å². The van der Waals surface area contributed by atoms with Gasteiger partial charge in [-0.3, -0.25) is 0 Å². The molecule has 30 heavy (non-hydrogen) atoms. The molecule has 4 rings (SSSR count). The van der Waals surface area contributed by atoms with Crippen LogP contribution in [0.4, 0.5) is 17.6 Å². The third-order valence-corrected chi connectivity index (χ3v) is 5.26. The van der Waals surface area contributed by atoms with Crippen LogP contribution in [0.1, 0.15) is 34.5 Å². The van der Waals surface area contributed by atoms with Gasteiger partial charge in [0, 0.05) is 24.2 Å². The number of hydrogen-bond donors (Lipinski definition) is 2. The van der Waals surface area contributed by atoms with E-state index < -0.39 is 0 Å². The highest BCUT2D eigenvalue weighted by atomic mass is 19.1. The summed E-state index contributed by atoms with van der Waals surface area (Å²) in [5.74, 6) is -1.44. The van der Waals surface area contributed by atoms with Crippen molar-refractivity contribution in [3.05, 3.63) is 69.8 Å². The first-order valence-corrected chi connectivity index (χ1v) is 9.93. The molecular weight excluding hydrogens is 400 g/mol. The number of ether oxygens (including phenoxy) is 2. The predicted molar refractivity (Wildman–Crippen MR) is 105 cm³/mol. The van der Waals surface area contributed by atoms with Crippen molar-refractivity contribution in [3.63, 3.8) is 0 Å². The van der Waals surface area contributed by atoms with Crippen LogP contribution in [0.3, 0.4) is 0 Å². The average Bonchev–Trinajstić information content (AvgIpc) is 2.75. The highest BCUT2D eigenvalue weighted by Crippen LogP contribution is 2.31. The largest absolute Gasteiger partial charge is 0.372 e. The number of fused-ring (bicyclic) bond motifs is 2. The van der Waals surface area contributed by atoms with Gasteiger partial charge in [0.1, 0.15) is 23.3 Å². The average molecular weight is 426 g/mol. The van der Waals surface area contributed by atoms with E-state index in [0.717, 1.165) is 12.1 Å². The van der Waals surface area contributed by atoms with Gasteiger partial charge in [0.15, 0.2) is 0 Å². The van der Waals surface area contributed by atoms with Gasteiger partial charge in [-0.25, -0.2) is 17.6 Å². The zero-order valence-corrected chi connectivity index (χ0v) is 17.0. The lowest BCUT2D eigenvalue weighted by Gasteiger charge is -2.26. The maximum atomic E-state index is 13.6. The third kappa shape index (κ3) is 4.83. The zero-order valence-electron chi connectivity index (χ0n) is 17.0. The van der Waals surface area contributed by atoms with Gasteiger partial charge in [-0.15, -0.1) is 0 Å². The van der Waals surface area contributed by atoms with Gasteiger partial charge < -0.3 is 20.1 Å². The molecule has 2 atom stereocenters.